The van der Waals surface area contributed by atoms with Crippen molar-refractivity contribution in [2.24, 2.45) is 23.7 Å². The van der Waals surface area contributed by atoms with Crippen molar-refractivity contribution in [3.8, 4) is 0 Å². The van der Waals surface area contributed by atoms with Crippen molar-refractivity contribution >= 4 is 33.1 Å². The number of rotatable bonds is 12. The highest BCUT2D eigenvalue weighted by Gasteiger charge is 2.58. The number of halogens is 1. The molecule has 0 unspecified atom stereocenters. The first-order chi connectivity index (χ1) is 25.1. The molecule has 1 N–H and O–H groups in total. The Morgan fingerprint density at radius 2 is 1.73 bits per heavy atom. The molecule has 3 atom stereocenters. The van der Waals surface area contributed by atoms with Crippen LogP contribution in [0.15, 0.2) is 94.7 Å². The van der Waals surface area contributed by atoms with Crippen molar-refractivity contribution in [3.63, 3.8) is 0 Å². The molecule has 2 heterocycles. The molecule has 0 spiro atoms. The summed E-state index contributed by atoms with van der Waals surface area (Å²) < 4.78 is 46.4. The third-order valence-corrected chi connectivity index (χ3v) is 13.0. The van der Waals surface area contributed by atoms with Gasteiger partial charge in [0, 0.05) is 60.7 Å². The number of nitrogens with zero attached hydrogens (tertiary/aromatic N) is 3. The number of sulfone groups is 1. The highest BCUT2D eigenvalue weighted by Crippen LogP contribution is 2.54. The number of nitrogens with one attached hydrogen (secondary N) is 1. The number of carbonyl (C=O) groups excluding carboxylic acids is 2. The Labute approximate surface area is 306 Å². The Morgan fingerprint density at radius 1 is 1.00 bits per heavy atom. The first kappa shape index (κ1) is 37.2. The van der Waals surface area contributed by atoms with Gasteiger partial charge in [-0.1, -0.05) is 30.7 Å². The summed E-state index contributed by atoms with van der Waals surface area (Å²) in [7, 11) is -2.37. The summed E-state index contributed by atoms with van der Waals surface area (Å²) in [6.45, 7) is 14.7. The zero-order valence-corrected chi connectivity index (χ0v) is 30.7. The largest absolute Gasteiger partial charge is 0.469 e. The Bertz CT molecular complexity index is 1930. The molecule has 11 heteroatoms. The maximum atomic E-state index is 14.6. The third kappa shape index (κ3) is 7.79. The number of allylic oxidation sites excluding steroid dienone is 1. The van der Waals surface area contributed by atoms with Gasteiger partial charge in [-0.15, -0.1) is 0 Å². The van der Waals surface area contributed by atoms with E-state index < -0.39 is 15.4 Å². The second kappa shape index (κ2) is 16.0. The molecule has 0 radical (unpaired) electrons. The summed E-state index contributed by atoms with van der Waals surface area (Å²) in [5.74, 6) is -0.403. The van der Waals surface area contributed by atoms with E-state index in [1.165, 1.54) is 37.5 Å². The van der Waals surface area contributed by atoms with Crippen LogP contribution < -0.4 is 10.2 Å². The number of likely N-dealkylation sites (tertiary alicyclic amines) is 1. The summed E-state index contributed by atoms with van der Waals surface area (Å²) in [6, 6.07) is 19.8. The molecule has 0 aromatic heterocycles. The van der Waals surface area contributed by atoms with Gasteiger partial charge in [0.2, 0.25) is 15.7 Å². The molecule has 52 heavy (non-hydrogen) atoms. The zero-order chi connectivity index (χ0) is 36.9. The maximum absolute atomic E-state index is 14.6. The summed E-state index contributed by atoms with van der Waals surface area (Å²) in [6.07, 6.45) is 7.60. The molecule has 2 aliphatic heterocycles. The fourth-order valence-electron chi connectivity index (χ4n) is 8.75. The quantitative estimate of drug-likeness (QED) is 0.121. The smallest absolute Gasteiger partial charge is 0.305 e. The van der Waals surface area contributed by atoms with E-state index in [0.29, 0.717) is 11.6 Å². The second-order valence-electron chi connectivity index (χ2n) is 14.4. The first-order valence-electron chi connectivity index (χ1n) is 18.1. The molecule has 1 aliphatic carbocycles. The van der Waals surface area contributed by atoms with E-state index in [0.717, 1.165) is 76.1 Å². The van der Waals surface area contributed by atoms with Crippen LogP contribution in [0.25, 0.3) is 4.85 Å². The predicted octanol–water partition coefficient (Wildman–Crippen LogP) is 7.12. The number of amides is 1. The van der Waals surface area contributed by atoms with Crippen LogP contribution in [-0.2, 0) is 29.7 Å². The molecule has 1 saturated carbocycles. The first-order valence-corrected chi connectivity index (χ1v) is 19.6. The summed E-state index contributed by atoms with van der Waals surface area (Å²) >= 11 is 0. The van der Waals surface area contributed by atoms with Crippen LogP contribution in [0.4, 0.5) is 15.8 Å². The van der Waals surface area contributed by atoms with E-state index in [1.54, 1.807) is 43.3 Å². The fraction of sp³-hybridized carbons (Fsp3) is 0.439. The minimum atomic E-state index is -3.78. The predicted molar refractivity (Wildman–Crippen MR) is 199 cm³/mol. The highest BCUT2D eigenvalue weighted by atomic mass is 32.2. The third-order valence-electron chi connectivity index (χ3n) is 11.3. The van der Waals surface area contributed by atoms with Crippen LogP contribution in [0, 0.1) is 36.1 Å². The molecule has 2 saturated heterocycles. The van der Waals surface area contributed by atoms with Gasteiger partial charge in [-0.05, 0) is 112 Å². The number of hydrogen-bond acceptors (Lipinski definition) is 7. The highest BCUT2D eigenvalue weighted by molar-refractivity contribution is 7.91. The van der Waals surface area contributed by atoms with Crippen LogP contribution in [0.1, 0.15) is 51.0 Å². The molecule has 1 amide bonds. The second-order valence-corrected chi connectivity index (χ2v) is 16.3. The fourth-order valence-corrected chi connectivity index (χ4v) is 10.1. The summed E-state index contributed by atoms with van der Waals surface area (Å²) in [5.41, 5.74) is 1.22. The molecule has 0 bridgehead atoms. The van der Waals surface area contributed by atoms with Gasteiger partial charge >= 0.3 is 5.97 Å². The monoisotopic (exact) mass is 726 g/mol. The average molecular weight is 727 g/mol. The van der Waals surface area contributed by atoms with Crippen LogP contribution in [-0.4, -0.2) is 65.0 Å². The maximum Gasteiger partial charge on any atom is 0.305 e. The van der Waals surface area contributed by atoms with Crippen LogP contribution in [0.5, 0.6) is 0 Å². The van der Waals surface area contributed by atoms with Crippen molar-refractivity contribution in [1.82, 2.24) is 4.90 Å². The lowest BCUT2D eigenvalue weighted by Gasteiger charge is -2.46. The normalized spacial score (nSPS) is 21.3. The van der Waals surface area contributed by atoms with Crippen LogP contribution in [0.2, 0.25) is 0 Å². The number of hydrogen-bond donors (Lipinski definition) is 1. The number of benzene rings is 3. The minimum absolute atomic E-state index is 0.0339. The van der Waals surface area contributed by atoms with Gasteiger partial charge in [0.25, 0.3) is 5.54 Å². The molecule has 3 fully saturated rings. The number of ether oxygens (including phenoxy) is 1. The van der Waals surface area contributed by atoms with Gasteiger partial charge in [0.05, 0.1) is 16.9 Å². The Balaban J connectivity index is 1.06. The molecular weight excluding hydrogens is 680 g/mol. The van der Waals surface area contributed by atoms with Crippen molar-refractivity contribution in [2.75, 3.05) is 50.1 Å². The SMILES string of the molecule is [C-]#[N+][C@@](c1cccc(F)c1)(C1CCN(CC2CN(c3ccc(S(=O)(=O)c4cccc(NC(=O)/C=C/C)c4)cc3)C2)CC1)[C@H]1CCC[C@@H]1CC(=O)OC. The van der Waals surface area contributed by atoms with E-state index >= 15 is 0 Å². The van der Waals surface area contributed by atoms with Crippen LogP contribution in [0.3, 0.4) is 0 Å². The minimum Gasteiger partial charge on any atom is -0.469 e. The van der Waals surface area contributed by atoms with Gasteiger partial charge in [-0.2, -0.15) is 0 Å². The number of piperidine rings is 1. The van der Waals surface area contributed by atoms with Crippen molar-refractivity contribution < 1.29 is 27.1 Å². The van der Waals surface area contributed by atoms with Gasteiger partial charge < -0.3 is 24.7 Å². The topological polar surface area (TPSA) is 100 Å². The van der Waals surface area contributed by atoms with E-state index in [-0.39, 0.29) is 51.7 Å². The van der Waals surface area contributed by atoms with E-state index in [9.17, 15) is 22.4 Å². The Morgan fingerprint density at radius 3 is 2.40 bits per heavy atom. The van der Waals surface area contributed by atoms with Crippen molar-refractivity contribution in [3.05, 3.63) is 108 Å². The zero-order valence-electron chi connectivity index (χ0n) is 29.8. The summed E-state index contributed by atoms with van der Waals surface area (Å²) in [5, 5.41) is 2.68. The molecular formula is C41H47FN4O5S. The van der Waals surface area contributed by atoms with E-state index in [1.807, 2.05) is 18.2 Å². The molecule has 3 aliphatic rings. The lowest BCUT2D eigenvalue weighted by molar-refractivity contribution is -0.142. The lowest BCUT2D eigenvalue weighted by atomic mass is 9.63. The number of methoxy groups -OCH3 is 1. The van der Waals surface area contributed by atoms with Crippen LogP contribution >= 0.6 is 0 Å². The molecule has 9 nitrogen and oxygen atoms in total. The number of esters is 1. The standard InChI is InChI=1S/C41H47FN4O5S/c1-4-8-39(47)44-34-12-7-13-37(25-34)52(49,50)36-17-15-35(16-18-36)46-27-29(28-46)26-45-21-19-31(20-22-45)41(43-2,32-10-6-11-33(42)24-32)38-14-5-9-30(38)23-40(48)51-3/h4,6-8,10-13,15-18,24-25,29-31,38H,5,9,14,19-23,26-28H2,1,3H3,(H,44,47)/b8-4+/t30-,38+,41-/m1/s1. The average Bonchev–Trinajstić information content (AvgIpc) is 3.59. The Kier molecular flexibility index (Phi) is 11.5. The number of anilines is 2. The Hall–Kier alpha value is -4.53. The van der Waals surface area contributed by atoms with Crippen molar-refractivity contribution in [1.29, 1.82) is 0 Å². The van der Waals surface area contributed by atoms with Crippen molar-refractivity contribution in [2.45, 2.75) is 60.8 Å². The van der Waals surface area contributed by atoms with Gasteiger partial charge in [0.1, 0.15) is 5.82 Å². The molecule has 3 aromatic carbocycles. The summed E-state index contributed by atoms with van der Waals surface area (Å²) in [4.78, 5) is 33.7. The van der Waals surface area contributed by atoms with Gasteiger partial charge in [0.15, 0.2) is 0 Å². The van der Waals surface area contributed by atoms with Gasteiger partial charge in [-0.3, -0.25) is 9.59 Å². The van der Waals surface area contributed by atoms with E-state index in [4.69, 9.17) is 11.3 Å². The van der Waals surface area contributed by atoms with Gasteiger partial charge in [-0.25, -0.2) is 19.4 Å². The molecule has 274 valence electrons. The molecule has 6 rings (SSSR count). The van der Waals surface area contributed by atoms with E-state index in [2.05, 4.69) is 20.0 Å². The molecule has 3 aromatic rings. The number of carbonyl (C=O) groups is 2. The lowest BCUT2D eigenvalue weighted by Crippen LogP contribution is -2.53.